The van der Waals surface area contributed by atoms with Gasteiger partial charge in [0.05, 0.1) is 18.8 Å². The molecule has 1 aromatic rings. The van der Waals surface area contributed by atoms with Gasteiger partial charge in [-0.15, -0.1) is 0 Å². The summed E-state index contributed by atoms with van der Waals surface area (Å²) in [7, 11) is 1.50. The Morgan fingerprint density at radius 1 is 1.42 bits per heavy atom. The van der Waals surface area contributed by atoms with Crippen LogP contribution >= 0.6 is 15.9 Å². The van der Waals surface area contributed by atoms with Crippen molar-refractivity contribution in [3.63, 3.8) is 0 Å². The molecule has 0 aliphatic carbocycles. The van der Waals surface area contributed by atoms with Gasteiger partial charge in [-0.1, -0.05) is 13.0 Å². The predicted octanol–water partition coefficient (Wildman–Crippen LogP) is 1.65. The third kappa shape index (κ3) is 3.75. The molecule has 0 fully saturated rings. The first-order valence-electron chi connectivity index (χ1n) is 5.76. The van der Waals surface area contributed by atoms with Gasteiger partial charge >= 0.3 is 0 Å². The second-order valence-electron chi connectivity index (χ2n) is 4.88. The topological polar surface area (TPSA) is 60.8 Å². The zero-order valence-electron chi connectivity index (χ0n) is 10.9. The summed E-state index contributed by atoms with van der Waals surface area (Å²) in [6, 6.07) is 4.30. The number of halogens is 2. The molecule has 0 saturated heterocycles. The monoisotopic (exact) mass is 333 g/mol. The summed E-state index contributed by atoms with van der Waals surface area (Å²) in [5, 5.41) is 18.4. The Hall–Kier alpha value is -0.980. The zero-order valence-corrected chi connectivity index (χ0v) is 12.4. The van der Waals surface area contributed by atoms with Crippen LogP contribution in [0.3, 0.4) is 0 Å². The van der Waals surface area contributed by atoms with Gasteiger partial charge < -0.3 is 15.1 Å². The number of rotatable bonds is 5. The van der Waals surface area contributed by atoms with E-state index in [4.69, 9.17) is 0 Å². The summed E-state index contributed by atoms with van der Waals surface area (Å²) in [5.74, 6) is -1.11. The van der Waals surface area contributed by atoms with Crippen molar-refractivity contribution in [2.75, 3.05) is 26.8 Å². The standard InChI is InChI=1S/C13H17BrFNO3/c1-13(7-17,8-18)6-16(2)12(19)11-9(14)4-3-5-10(11)15/h3-5,17-18H,6-8H2,1-2H3. The van der Waals surface area contributed by atoms with E-state index in [0.29, 0.717) is 4.47 Å². The molecule has 0 bridgehead atoms. The highest BCUT2D eigenvalue weighted by Crippen LogP contribution is 2.23. The SMILES string of the molecule is CN(CC(C)(CO)CO)C(=O)c1c(F)cccc1Br. The Balaban J connectivity index is 2.95. The Bertz CT molecular complexity index is 443. The van der Waals surface area contributed by atoms with Gasteiger partial charge in [-0.3, -0.25) is 4.79 Å². The summed E-state index contributed by atoms with van der Waals surface area (Å²) in [5.41, 5.74) is -0.870. The average Bonchev–Trinajstić information content (AvgIpc) is 2.38. The largest absolute Gasteiger partial charge is 0.396 e. The van der Waals surface area contributed by atoms with Crippen LogP contribution < -0.4 is 0 Å². The molecule has 0 atom stereocenters. The van der Waals surface area contributed by atoms with E-state index in [0.717, 1.165) is 0 Å². The minimum atomic E-state index is -0.817. The number of hydrogen-bond acceptors (Lipinski definition) is 3. The van der Waals surface area contributed by atoms with E-state index in [1.54, 1.807) is 13.0 Å². The number of amides is 1. The van der Waals surface area contributed by atoms with Gasteiger partial charge in [0, 0.05) is 23.5 Å². The quantitative estimate of drug-likeness (QED) is 0.861. The second-order valence-corrected chi connectivity index (χ2v) is 5.74. The van der Waals surface area contributed by atoms with E-state index >= 15 is 0 Å². The van der Waals surface area contributed by atoms with Gasteiger partial charge in [-0.25, -0.2) is 4.39 Å². The normalized spacial score (nSPS) is 11.5. The Morgan fingerprint density at radius 3 is 2.47 bits per heavy atom. The predicted molar refractivity (Wildman–Crippen MR) is 73.3 cm³/mol. The fourth-order valence-electron chi connectivity index (χ4n) is 1.69. The lowest BCUT2D eigenvalue weighted by Crippen LogP contribution is -2.42. The van der Waals surface area contributed by atoms with Gasteiger partial charge in [-0.05, 0) is 28.1 Å². The molecule has 2 N–H and O–H groups in total. The van der Waals surface area contributed by atoms with Gasteiger partial charge in [0.1, 0.15) is 5.82 Å². The number of nitrogens with zero attached hydrogens (tertiary/aromatic N) is 1. The first-order valence-corrected chi connectivity index (χ1v) is 6.55. The maximum absolute atomic E-state index is 13.7. The van der Waals surface area contributed by atoms with Crippen LogP contribution in [0.4, 0.5) is 4.39 Å². The number of aliphatic hydroxyl groups excluding tert-OH is 2. The Labute approximate surface area is 120 Å². The molecular weight excluding hydrogens is 317 g/mol. The van der Waals surface area contributed by atoms with Crippen LogP contribution in [-0.4, -0.2) is 47.8 Å². The summed E-state index contributed by atoms with van der Waals surface area (Å²) in [6.45, 7) is 1.24. The van der Waals surface area contributed by atoms with Crippen LogP contribution in [-0.2, 0) is 0 Å². The van der Waals surface area contributed by atoms with Crippen LogP contribution in [0.2, 0.25) is 0 Å². The van der Waals surface area contributed by atoms with Crippen LogP contribution in [0.1, 0.15) is 17.3 Å². The first-order chi connectivity index (χ1) is 8.84. The van der Waals surface area contributed by atoms with E-state index in [1.165, 1.54) is 24.1 Å². The smallest absolute Gasteiger partial charge is 0.257 e. The lowest BCUT2D eigenvalue weighted by Gasteiger charge is -2.30. The molecule has 0 heterocycles. The van der Waals surface area contributed by atoms with Crippen LogP contribution in [0, 0.1) is 11.2 Å². The molecule has 6 heteroatoms. The highest BCUT2D eigenvalue weighted by Gasteiger charge is 2.28. The van der Waals surface area contributed by atoms with Crippen molar-refractivity contribution in [1.29, 1.82) is 0 Å². The maximum Gasteiger partial charge on any atom is 0.257 e. The van der Waals surface area contributed by atoms with Crippen molar-refractivity contribution in [2.24, 2.45) is 5.41 Å². The fraction of sp³-hybridized carbons (Fsp3) is 0.462. The molecule has 1 amide bonds. The Morgan fingerprint density at radius 2 is 2.00 bits per heavy atom. The van der Waals surface area contributed by atoms with Crippen molar-refractivity contribution in [2.45, 2.75) is 6.92 Å². The molecule has 0 aromatic heterocycles. The number of benzene rings is 1. The Kier molecular flexibility index (Phi) is 5.46. The number of aliphatic hydroxyl groups is 2. The van der Waals surface area contributed by atoms with E-state index in [1.807, 2.05) is 0 Å². The van der Waals surface area contributed by atoms with Crippen LogP contribution in [0.15, 0.2) is 22.7 Å². The molecule has 0 spiro atoms. The summed E-state index contributed by atoms with van der Waals surface area (Å²) < 4.78 is 14.1. The fourth-order valence-corrected chi connectivity index (χ4v) is 2.20. The number of carbonyl (C=O) groups is 1. The van der Waals surface area contributed by atoms with E-state index in [-0.39, 0.29) is 25.3 Å². The molecule has 19 heavy (non-hydrogen) atoms. The third-order valence-corrected chi connectivity index (χ3v) is 3.57. The first kappa shape index (κ1) is 16.1. The maximum atomic E-state index is 13.7. The zero-order chi connectivity index (χ0) is 14.6. The average molecular weight is 334 g/mol. The summed E-state index contributed by atoms with van der Waals surface area (Å²) in [4.78, 5) is 13.5. The molecule has 0 aliphatic heterocycles. The van der Waals surface area contributed by atoms with Gasteiger partial charge in [0.25, 0.3) is 5.91 Å². The molecule has 0 saturated carbocycles. The third-order valence-electron chi connectivity index (χ3n) is 2.91. The van der Waals surface area contributed by atoms with Gasteiger partial charge in [0.15, 0.2) is 0 Å². The molecule has 1 aromatic carbocycles. The van der Waals surface area contributed by atoms with Crippen LogP contribution in [0.5, 0.6) is 0 Å². The minimum absolute atomic E-state index is 0.0526. The molecule has 0 radical (unpaired) electrons. The number of hydrogen-bond donors (Lipinski definition) is 2. The molecule has 4 nitrogen and oxygen atoms in total. The van der Waals surface area contributed by atoms with Crippen LogP contribution in [0.25, 0.3) is 0 Å². The lowest BCUT2D eigenvalue weighted by molar-refractivity contribution is 0.0364. The summed E-state index contributed by atoms with van der Waals surface area (Å²) in [6.07, 6.45) is 0. The summed E-state index contributed by atoms with van der Waals surface area (Å²) >= 11 is 3.14. The molecule has 0 unspecified atom stereocenters. The van der Waals surface area contributed by atoms with Gasteiger partial charge in [0.2, 0.25) is 0 Å². The number of carbonyl (C=O) groups excluding carboxylic acids is 1. The molecule has 1 rings (SSSR count). The minimum Gasteiger partial charge on any atom is -0.396 e. The lowest BCUT2D eigenvalue weighted by atomic mass is 9.92. The highest BCUT2D eigenvalue weighted by atomic mass is 79.9. The van der Waals surface area contributed by atoms with E-state index < -0.39 is 17.1 Å². The van der Waals surface area contributed by atoms with Gasteiger partial charge in [-0.2, -0.15) is 0 Å². The van der Waals surface area contributed by atoms with Crippen molar-refractivity contribution < 1.29 is 19.4 Å². The van der Waals surface area contributed by atoms with Crippen molar-refractivity contribution in [3.8, 4) is 0 Å². The molecular formula is C13H17BrFNO3. The second kappa shape index (κ2) is 6.45. The van der Waals surface area contributed by atoms with Crippen molar-refractivity contribution >= 4 is 21.8 Å². The molecule has 106 valence electrons. The van der Waals surface area contributed by atoms with E-state index in [9.17, 15) is 19.4 Å². The van der Waals surface area contributed by atoms with E-state index in [2.05, 4.69) is 15.9 Å². The highest BCUT2D eigenvalue weighted by molar-refractivity contribution is 9.10. The van der Waals surface area contributed by atoms with Crippen molar-refractivity contribution in [3.05, 3.63) is 34.1 Å². The van der Waals surface area contributed by atoms with Crippen molar-refractivity contribution in [1.82, 2.24) is 4.90 Å². The molecule has 0 aliphatic rings.